The van der Waals surface area contributed by atoms with Crippen molar-refractivity contribution in [2.45, 2.75) is 12.7 Å². The number of nitrogens with one attached hydrogen (secondary N) is 2. The van der Waals surface area contributed by atoms with Crippen LogP contribution in [0.1, 0.15) is 5.56 Å². The molecule has 0 aliphatic heterocycles. The zero-order chi connectivity index (χ0) is 16.3. The Morgan fingerprint density at radius 1 is 1.27 bits per heavy atom. The highest BCUT2D eigenvalue weighted by atomic mass is 19.4. The summed E-state index contributed by atoms with van der Waals surface area (Å²) in [6.07, 6.45) is -2.79. The van der Waals surface area contributed by atoms with E-state index in [0.717, 1.165) is 4.57 Å². The largest absolute Gasteiger partial charge is 0.417 e. The van der Waals surface area contributed by atoms with E-state index in [4.69, 9.17) is 0 Å². The molecule has 9 heteroatoms. The van der Waals surface area contributed by atoms with Crippen LogP contribution in [0.3, 0.4) is 0 Å². The monoisotopic (exact) mass is 313 g/mol. The van der Waals surface area contributed by atoms with Crippen LogP contribution in [0, 0.1) is 0 Å². The lowest BCUT2D eigenvalue weighted by Gasteiger charge is -2.09. The molecule has 22 heavy (non-hydrogen) atoms. The topological polar surface area (TPSA) is 84.0 Å². The van der Waals surface area contributed by atoms with Crippen LogP contribution >= 0.6 is 0 Å². The predicted octanol–water partition coefficient (Wildman–Crippen LogP) is 1.19. The summed E-state index contributed by atoms with van der Waals surface area (Å²) in [7, 11) is 0. The Hall–Kier alpha value is -2.84. The zero-order valence-corrected chi connectivity index (χ0v) is 11.0. The van der Waals surface area contributed by atoms with E-state index in [1.807, 2.05) is 4.98 Å². The number of rotatable bonds is 3. The van der Waals surface area contributed by atoms with Crippen molar-refractivity contribution in [2.24, 2.45) is 0 Å². The quantitative estimate of drug-likeness (QED) is 0.893. The first-order valence-corrected chi connectivity index (χ1v) is 6.02. The summed E-state index contributed by atoms with van der Waals surface area (Å²) in [6.45, 7) is -0.421. The van der Waals surface area contributed by atoms with Crippen LogP contribution in [0.4, 0.5) is 18.9 Å². The first-order valence-electron chi connectivity index (χ1n) is 6.02. The second-order valence-electron chi connectivity index (χ2n) is 4.34. The molecule has 116 valence electrons. The molecule has 0 aromatic carbocycles. The van der Waals surface area contributed by atoms with Gasteiger partial charge in [-0.1, -0.05) is 6.07 Å². The number of anilines is 1. The molecule has 0 atom stereocenters. The lowest BCUT2D eigenvalue weighted by Crippen LogP contribution is -2.28. The molecule has 0 radical (unpaired) electrons. The fourth-order valence-electron chi connectivity index (χ4n) is 1.68. The minimum Gasteiger partial charge on any atom is -0.327 e. The summed E-state index contributed by atoms with van der Waals surface area (Å²) in [4.78, 5) is 36.5. The van der Waals surface area contributed by atoms with Crippen molar-refractivity contribution in [1.82, 2.24) is 9.55 Å². The zero-order valence-electron chi connectivity index (χ0n) is 11.0. The van der Waals surface area contributed by atoms with Gasteiger partial charge in [0.25, 0.3) is 11.1 Å². The van der Waals surface area contributed by atoms with E-state index in [-0.39, 0.29) is 0 Å². The molecule has 0 fully saturated rings. The van der Waals surface area contributed by atoms with Gasteiger partial charge in [-0.15, -0.1) is 0 Å². The number of aromatic nitrogens is 2. The Balaban J connectivity index is 2.20. The Bertz CT molecular complexity index is 808. The van der Waals surface area contributed by atoms with Crippen molar-refractivity contribution in [3.8, 4) is 0 Å². The van der Waals surface area contributed by atoms with Crippen molar-refractivity contribution in [3.05, 3.63) is 62.9 Å². The molecule has 0 spiro atoms. The summed E-state index contributed by atoms with van der Waals surface area (Å²) in [5, 5.41) is 2.06. The number of hydrogen-bond donors (Lipinski definition) is 2. The summed E-state index contributed by atoms with van der Waals surface area (Å²) in [6, 6.07) is 4.76. The third-order valence-electron chi connectivity index (χ3n) is 2.72. The van der Waals surface area contributed by atoms with Crippen LogP contribution in [-0.2, 0) is 17.5 Å². The molecule has 0 saturated heterocycles. The number of carbonyl (C=O) groups is 1. The summed E-state index contributed by atoms with van der Waals surface area (Å²) < 4.78 is 38.7. The molecule has 0 saturated carbocycles. The Kier molecular flexibility index (Phi) is 4.15. The Labute approximate surface area is 121 Å². The second kappa shape index (κ2) is 5.88. The van der Waals surface area contributed by atoms with Crippen molar-refractivity contribution >= 4 is 11.6 Å². The van der Waals surface area contributed by atoms with Gasteiger partial charge in [-0.2, -0.15) is 13.2 Å². The van der Waals surface area contributed by atoms with Gasteiger partial charge in [0.1, 0.15) is 12.2 Å². The average Bonchev–Trinajstić information content (AvgIpc) is 2.42. The fraction of sp³-hybridized carbons (Fsp3) is 0.154. The van der Waals surface area contributed by atoms with Crippen molar-refractivity contribution in [2.75, 3.05) is 5.32 Å². The summed E-state index contributed by atoms with van der Waals surface area (Å²) in [5.41, 5.74) is -2.96. The molecule has 0 unspecified atom stereocenters. The number of halogens is 3. The number of pyridine rings is 2. The van der Waals surface area contributed by atoms with Gasteiger partial charge in [0.05, 0.1) is 5.56 Å². The van der Waals surface area contributed by atoms with Gasteiger partial charge in [0.2, 0.25) is 5.91 Å². The van der Waals surface area contributed by atoms with E-state index in [1.165, 1.54) is 24.4 Å². The highest BCUT2D eigenvalue weighted by molar-refractivity contribution is 5.90. The molecule has 0 aliphatic rings. The van der Waals surface area contributed by atoms with Crippen LogP contribution in [0.25, 0.3) is 0 Å². The molecule has 0 bridgehead atoms. The minimum absolute atomic E-state index is 0.421. The molecule has 1 amide bonds. The number of carbonyl (C=O) groups excluding carboxylic acids is 1. The minimum atomic E-state index is -4.65. The standard InChI is InChI=1S/C13H10F3N3O3/c14-13(15,16)8-5-9(12(22)17-6-8)18-10(20)7-19-4-2-1-3-11(19)21/h1-6H,7H2,(H,17,22)(H,18,20). The van der Waals surface area contributed by atoms with Gasteiger partial charge < -0.3 is 14.9 Å². The maximum absolute atomic E-state index is 12.6. The summed E-state index contributed by atoms with van der Waals surface area (Å²) >= 11 is 0. The molecule has 2 aromatic heterocycles. The van der Waals surface area contributed by atoms with Crippen LogP contribution in [-0.4, -0.2) is 15.5 Å². The van der Waals surface area contributed by atoms with Crippen LogP contribution in [0.15, 0.2) is 46.2 Å². The van der Waals surface area contributed by atoms with Crippen molar-refractivity contribution in [3.63, 3.8) is 0 Å². The number of alkyl halides is 3. The van der Waals surface area contributed by atoms with E-state index >= 15 is 0 Å². The molecule has 2 rings (SSSR count). The predicted molar refractivity (Wildman–Crippen MR) is 71.4 cm³/mol. The molecule has 2 N–H and O–H groups in total. The first-order chi connectivity index (χ1) is 10.3. The molecule has 6 nitrogen and oxygen atoms in total. The number of H-pyrrole nitrogens is 1. The van der Waals surface area contributed by atoms with E-state index in [0.29, 0.717) is 12.3 Å². The second-order valence-corrected chi connectivity index (χ2v) is 4.34. The van der Waals surface area contributed by atoms with Crippen molar-refractivity contribution in [1.29, 1.82) is 0 Å². The van der Waals surface area contributed by atoms with E-state index in [1.54, 1.807) is 0 Å². The van der Waals surface area contributed by atoms with E-state index in [9.17, 15) is 27.6 Å². The lowest BCUT2D eigenvalue weighted by atomic mass is 10.2. The van der Waals surface area contributed by atoms with Crippen molar-refractivity contribution < 1.29 is 18.0 Å². The lowest BCUT2D eigenvalue weighted by molar-refractivity contribution is -0.137. The maximum atomic E-state index is 12.6. The summed E-state index contributed by atoms with van der Waals surface area (Å²) in [5.74, 6) is -0.793. The van der Waals surface area contributed by atoms with Gasteiger partial charge >= 0.3 is 6.18 Å². The molecule has 2 aromatic rings. The SMILES string of the molecule is O=C(Cn1ccccc1=O)Nc1cc(C(F)(F)F)c[nH]c1=O. The average molecular weight is 313 g/mol. The van der Waals surface area contributed by atoms with E-state index in [2.05, 4.69) is 5.32 Å². The number of nitrogens with zero attached hydrogens (tertiary/aromatic N) is 1. The number of aromatic amines is 1. The molecule has 0 aliphatic carbocycles. The van der Waals surface area contributed by atoms with Gasteiger partial charge in [-0.05, 0) is 12.1 Å². The fourth-order valence-corrected chi connectivity index (χ4v) is 1.68. The van der Waals surface area contributed by atoms with Crippen LogP contribution < -0.4 is 16.4 Å². The van der Waals surface area contributed by atoms with Gasteiger partial charge in [0.15, 0.2) is 0 Å². The molecule has 2 heterocycles. The Morgan fingerprint density at radius 2 is 2.00 bits per heavy atom. The molecular weight excluding hydrogens is 303 g/mol. The first kappa shape index (κ1) is 15.5. The van der Waals surface area contributed by atoms with Crippen LogP contribution in [0.5, 0.6) is 0 Å². The smallest absolute Gasteiger partial charge is 0.327 e. The van der Waals surface area contributed by atoms with E-state index < -0.39 is 41.0 Å². The number of hydrogen-bond acceptors (Lipinski definition) is 3. The number of amides is 1. The third-order valence-corrected chi connectivity index (χ3v) is 2.72. The highest BCUT2D eigenvalue weighted by Gasteiger charge is 2.31. The third kappa shape index (κ3) is 3.62. The highest BCUT2D eigenvalue weighted by Crippen LogP contribution is 2.29. The van der Waals surface area contributed by atoms with Gasteiger partial charge in [-0.25, -0.2) is 0 Å². The maximum Gasteiger partial charge on any atom is 0.417 e. The van der Waals surface area contributed by atoms with Gasteiger partial charge in [-0.3, -0.25) is 14.4 Å². The Morgan fingerprint density at radius 3 is 2.64 bits per heavy atom. The van der Waals surface area contributed by atoms with Crippen LogP contribution in [0.2, 0.25) is 0 Å². The van der Waals surface area contributed by atoms with Gasteiger partial charge in [0, 0.05) is 18.5 Å². The molecular formula is C13H10F3N3O3. The normalized spacial score (nSPS) is 11.2.